The molecule has 0 radical (unpaired) electrons. The predicted octanol–water partition coefficient (Wildman–Crippen LogP) is 1.94. The van der Waals surface area contributed by atoms with Crippen LogP contribution in [0.4, 0.5) is 0 Å². The summed E-state index contributed by atoms with van der Waals surface area (Å²) >= 11 is 0. The molecule has 0 atom stereocenters. The molecule has 2 heteroatoms. The number of hydrogen-bond acceptors (Lipinski definition) is 2. The van der Waals surface area contributed by atoms with Crippen molar-refractivity contribution in [2.24, 2.45) is 0 Å². The zero-order valence-corrected chi connectivity index (χ0v) is 6.29. The van der Waals surface area contributed by atoms with Crippen LogP contribution in [-0.2, 0) is 0 Å². The summed E-state index contributed by atoms with van der Waals surface area (Å²) in [6.45, 7) is 1.97. The maximum Gasteiger partial charge on any atom is 0.162 e. The van der Waals surface area contributed by atoms with Crippen LogP contribution < -0.4 is 10.3 Å². The summed E-state index contributed by atoms with van der Waals surface area (Å²) < 4.78 is 0. The molecule has 1 heterocycles. The third kappa shape index (κ3) is 1.07. The van der Waals surface area contributed by atoms with Gasteiger partial charge in [-0.05, 0) is 19.1 Å². The van der Waals surface area contributed by atoms with Crippen molar-refractivity contribution in [1.82, 2.24) is 5.48 Å². The summed E-state index contributed by atoms with van der Waals surface area (Å²) in [4.78, 5) is 5.22. The number of benzene rings is 1. The Morgan fingerprint density at radius 1 is 1.27 bits per heavy atom. The van der Waals surface area contributed by atoms with Gasteiger partial charge < -0.3 is 4.84 Å². The zero-order chi connectivity index (χ0) is 7.68. The van der Waals surface area contributed by atoms with Gasteiger partial charge in [-0.3, -0.25) is 0 Å². The monoisotopic (exact) mass is 147 g/mol. The number of hydrogen-bond donors (Lipinski definition) is 1. The summed E-state index contributed by atoms with van der Waals surface area (Å²) in [5.74, 6) is 0.887. The Kier molecular flexibility index (Phi) is 1.32. The van der Waals surface area contributed by atoms with Gasteiger partial charge in [0, 0.05) is 11.3 Å². The number of hydroxylamine groups is 1. The van der Waals surface area contributed by atoms with Crippen LogP contribution in [-0.4, -0.2) is 0 Å². The van der Waals surface area contributed by atoms with Gasteiger partial charge in [0.2, 0.25) is 0 Å². The molecule has 2 rings (SSSR count). The van der Waals surface area contributed by atoms with E-state index in [1.807, 2.05) is 31.2 Å². The third-order valence-electron chi connectivity index (χ3n) is 1.61. The van der Waals surface area contributed by atoms with Crippen LogP contribution in [0.15, 0.2) is 30.0 Å². The van der Waals surface area contributed by atoms with Crippen molar-refractivity contribution < 1.29 is 4.84 Å². The van der Waals surface area contributed by atoms with E-state index in [-0.39, 0.29) is 0 Å². The Hall–Kier alpha value is -1.44. The summed E-state index contributed by atoms with van der Waals surface area (Å²) in [5, 5.41) is 0. The third-order valence-corrected chi connectivity index (χ3v) is 1.61. The van der Waals surface area contributed by atoms with Crippen LogP contribution in [0, 0.1) is 0 Å². The van der Waals surface area contributed by atoms with Crippen LogP contribution in [0.3, 0.4) is 0 Å². The van der Waals surface area contributed by atoms with Crippen LogP contribution >= 0.6 is 0 Å². The average molecular weight is 147 g/mol. The zero-order valence-electron chi connectivity index (χ0n) is 6.29. The lowest BCUT2D eigenvalue weighted by Gasteiger charge is -2.15. The van der Waals surface area contributed by atoms with E-state index < -0.39 is 0 Å². The van der Waals surface area contributed by atoms with E-state index >= 15 is 0 Å². The lowest BCUT2D eigenvalue weighted by Crippen LogP contribution is -2.19. The number of para-hydroxylation sites is 1. The van der Waals surface area contributed by atoms with E-state index in [1.54, 1.807) is 0 Å². The van der Waals surface area contributed by atoms with Crippen LogP contribution in [0.1, 0.15) is 12.5 Å². The number of fused-ring (bicyclic) bond motifs is 1. The fourth-order valence-electron chi connectivity index (χ4n) is 1.09. The van der Waals surface area contributed by atoms with Gasteiger partial charge in [0.25, 0.3) is 0 Å². The molecule has 56 valence electrons. The molecule has 0 aliphatic carbocycles. The highest BCUT2D eigenvalue weighted by Crippen LogP contribution is 2.22. The standard InChI is InChI=1S/C9H9NO/c1-7-6-8-4-2-3-5-9(8)11-10-7/h2-6,10H,1H3. The molecule has 1 aliphatic heterocycles. The molecule has 1 aliphatic rings. The molecule has 1 aromatic rings. The lowest BCUT2D eigenvalue weighted by molar-refractivity contribution is 0.225. The van der Waals surface area contributed by atoms with Gasteiger partial charge in [-0.2, -0.15) is 0 Å². The molecule has 11 heavy (non-hydrogen) atoms. The van der Waals surface area contributed by atoms with Crippen LogP contribution in [0.25, 0.3) is 6.08 Å². The van der Waals surface area contributed by atoms with E-state index in [0.29, 0.717) is 0 Å². The van der Waals surface area contributed by atoms with Gasteiger partial charge in [0.15, 0.2) is 5.75 Å². The molecule has 0 amide bonds. The van der Waals surface area contributed by atoms with Crippen molar-refractivity contribution in [3.63, 3.8) is 0 Å². The van der Waals surface area contributed by atoms with Crippen molar-refractivity contribution in [1.29, 1.82) is 0 Å². The highest BCUT2D eigenvalue weighted by molar-refractivity contribution is 5.60. The smallest absolute Gasteiger partial charge is 0.162 e. The Labute approximate surface area is 65.4 Å². The quantitative estimate of drug-likeness (QED) is 0.605. The fourth-order valence-corrected chi connectivity index (χ4v) is 1.09. The van der Waals surface area contributed by atoms with E-state index in [0.717, 1.165) is 17.0 Å². The van der Waals surface area contributed by atoms with Crippen molar-refractivity contribution in [2.75, 3.05) is 0 Å². The van der Waals surface area contributed by atoms with E-state index in [2.05, 4.69) is 11.6 Å². The fraction of sp³-hybridized carbons (Fsp3) is 0.111. The van der Waals surface area contributed by atoms with Crippen molar-refractivity contribution >= 4 is 6.08 Å². The van der Waals surface area contributed by atoms with Gasteiger partial charge in [-0.15, -0.1) is 0 Å². The molecular formula is C9H9NO. The second-order valence-electron chi connectivity index (χ2n) is 2.57. The largest absolute Gasteiger partial charge is 0.382 e. The molecule has 0 saturated carbocycles. The first-order chi connectivity index (χ1) is 5.36. The summed E-state index contributed by atoms with van der Waals surface area (Å²) in [5.41, 5.74) is 4.96. The first-order valence-corrected chi connectivity index (χ1v) is 3.56. The highest BCUT2D eigenvalue weighted by atomic mass is 16.6. The number of allylic oxidation sites excluding steroid dienone is 1. The summed E-state index contributed by atoms with van der Waals surface area (Å²) in [6, 6.07) is 7.91. The molecule has 0 saturated heterocycles. The van der Waals surface area contributed by atoms with Gasteiger partial charge in [0.1, 0.15) is 0 Å². The highest BCUT2D eigenvalue weighted by Gasteiger charge is 2.05. The summed E-state index contributed by atoms with van der Waals surface area (Å²) in [7, 11) is 0. The van der Waals surface area contributed by atoms with Crippen molar-refractivity contribution in [3.05, 3.63) is 35.5 Å². The molecule has 2 nitrogen and oxygen atoms in total. The Bertz CT molecular complexity index is 304. The average Bonchev–Trinajstić information content (AvgIpc) is 2.04. The second-order valence-corrected chi connectivity index (χ2v) is 2.57. The van der Waals surface area contributed by atoms with Gasteiger partial charge in [0.05, 0.1) is 0 Å². The molecule has 1 N–H and O–H groups in total. The first kappa shape index (κ1) is 6.28. The van der Waals surface area contributed by atoms with E-state index in [9.17, 15) is 0 Å². The Balaban J connectivity index is 2.51. The van der Waals surface area contributed by atoms with Crippen LogP contribution in [0.2, 0.25) is 0 Å². The first-order valence-electron chi connectivity index (χ1n) is 3.56. The lowest BCUT2D eigenvalue weighted by atomic mass is 10.1. The molecular weight excluding hydrogens is 138 g/mol. The van der Waals surface area contributed by atoms with Crippen molar-refractivity contribution in [2.45, 2.75) is 6.92 Å². The maximum atomic E-state index is 5.22. The molecule has 0 unspecified atom stereocenters. The minimum Gasteiger partial charge on any atom is -0.382 e. The minimum absolute atomic E-state index is 0.887. The molecule has 0 aromatic heterocycles. The van der Waals surface area contributed by atoms with E-state index in [4.69, 9.17) is 4.84 Å². The molecule has 1 aromatic carbocycles. The normalized spacial score (nSPS) is 14.1. The molecule has 0 spiro atoms. The Morgan fingerprint density at radius 3 is 3.00 bits per heavy atom. The second kappa shape index (κ2) is 2.31. The molecule has 0 fully saturated rings. The minimum atomic E-state index is 0.887. The van der Waals surface area contributed by atoms with Gasteiger partial charge in [-0.25, -0.2) is 5.48 Å². The topological polar surface area (TPSA) is 21.3 Å². The van der Waals surface area contributed by atoms with Crippen molar-refractivity contribution in [3.8, 4) is 5.75 Å². The van der Waals surface area contributed by atoms with Gasteiger partial charge >= 0.3 is 0 Å². The van der Waals surface area contributed by atoms with Crippen LogP contribution in [0.5, 0.6) is 5.75 Å². The maximum absolute atomic E-state index is 5.22. The summed E-state index contributed by atoms with van der Waals surface area (Å²) in [6.07, 6.45) is 2.05. The predicted molar refractivity (Wildman–Crippen MR) is 43.9 cm³/mol. The van der Waals surface area contributed by atoms with Gasteiger partial charge in [-0.1, -0.05) is 18.2 Å². The number of nitrogens with one attached hydrogen (secondary N) is 1. The SMILES string of the molecule is CC1=Cc2ccccc2ON1. The molecule has 0 bridgehead atoms. The van der Waals surface area contributed by atoms with E-state index in [1.165, 1.54) is 0 Å². The number of rotatable bonds is 0. The Morgan fingerprint density at radius 2 is 2.09 bits per heavy atom.